The summed E-state index contributed by atoms with van der Waals surface area (Å²) in [6.45, 7) is 1.86. The van der Waals surface area contributed by atoms with Crippen molar-refractivity contribution in [1.82, 2.24) is 19.8 Å². The molecule has 1 N–H and O–H groups in total. The van der Waals surface area contributed by atoms with Gasteiger partial charge in [0.25, 0.3) is 5.91 Å². The Morgan fingerprint density at radius 1 is 1.15 bits per heavy atom. The van der Waals surface area contributed by atoms with Gasteiger partial charge in [-0.3, -0.25) is 4.79 Å². The number of carbonyl (C=O) groups is 1. The first kappa shape index (κ1) is 16.2. The third-order valence-corrected chi connectivity index (χ3v) is 4.82. The highest BCUT2D eigenvalue weighted by molar-refractivity contribution is 7.19. The lowest BCUT2D eigenvalue weighted by Crippen LogP contribution is -2.11. The first-order valence-corrected chi connectivity index (χ1v) is 8.70. The molecule has 0 spiro atoms. The summed E-state index contributed by atoms with van der Waals surface area (Å²) in [6, 6.07) is 14.6. The summed E-state index contributed by atoms with van der Waals surface area (Å²) >= 11 is 1.47. The second-order valence-corrected chi connectivity index (χ2v) is 6.57. The molecule has 0 aliphatic heterocycles. The predicted octanol–water partition coefficient (Wildman–Crippen LogP) is 3.42. The van der Waals surface area contributed by atoms with Crippen LogP contribution < -0.4 is 10.1 Å². The molecule has 0 aliphatic carbocycles. The van der Waals surface area contributed by atoms with Gasteiger partial charge in [-0.05, 0) is 49.4 Å². The van der Waals surface area contributed by atoms with Crippen molar-refractivity contribution < 1.29 is 9.53 Å². The Hall–Kier alpha value is -3.26. The number of rotatable bonds is 4. The Balaban J connectivity index is 1.52. The number of nitrogens with zero attached hydrogens (tertiary/aromatic N) is 4. The number of nitrogens with one attached hydrogen (secondary N) is 1. The molecule has 0 unspecified atom stereocenters. The molecule has 0 radical (unpaired) electrons. The highest BCUT2D eigenvalue weighted by Crippen LogP contribution is 2.26. The number of carbonyl (C=O) groups excluding carboxylic acids is 1. The van der Waals surface area contributed by atoms with Crippen molar-refractivity contribution in [2.45, 2.75) is 6.92 Å². The van der Waals surface area contributed by atoms with Gasteiger partial charge in [0, 0.05) is 16.8 Å². The van der Waals surface area contributed by atoms with Crippen molar-refractivity contribution in [3.8, 4) is 16.3 Å². The van der Waals surface area contributed by atoms with E-state index in [1.807, 2.05) is 31.2 Å². The van der Waals surface area contributed by atoms with Crippen LogP contribution in [0.15, 0.2) is 48.5 Å². The van der Waals surface area contributed by atoms with Gasteiger partial charge >= 0.3 is 0 Å². The molecule has 2 heterocycles. The lowest BCUT2D eigenvalue weighted by atomic mass is 10.2. The molecule has 0 fully saturated rings. The van der Waals surface area contributed by atoms with E-state index < -0.39 is 0 Å². The summed E-state index contributed by atoms with van der Waals surface area (Å²) in [5.41, 5.74) is 2.21. The molecule has 2 aromatic heterocycles. The minimum atomic E-state index is -0.189. The molecule has 8 heteroatoms. The van der Waals surface area contributed by atoms with Gasteiger partial charge in [-0.15, -0.1) is 10.2 Å². The molecule has 1 amide bonds. The Labute approximate surface area is 153 Å². The topological polar surface area (TPSA) is 81.4 Å². The lowest BCUT2D eigenvalue weighted by molar-refractivity contribution is 0.102. The van der Waals surface area contributed by atoms with E-state index in [2.05, 4.69) is 20.6 Å². The van der Waals surface area contributed by atoms with Crippen molar-refractivity contribution in [3.05, 3.63) is 59.9 Å². The molecular weight excluding hydrogens is 350 g/mol. The van der Waals surface area contributed by atoms with Gasteiger partial charge in [-0.1, -0.05) is 17.4 Å². The van der Waals surface area contributed by atoms with Gasteiger partial charge in [0.2, 0.25) is 4.96 Å². The van der Waals surface area contributed by atoms with E-state index in [0.717, 1.165) is 21.4 Å². The Kier molecular flexibility index (Phi) is 4.10. The smallest absolute Gasteiger partial charge is 0.255 e. The zero-order valence-electron chi connectivity index (χ0n) is 14.1. The quantitative estimate of drug-likeness (QED) is 0.599. The van der Waals surface area contributed by atoms with Gasteiger partial charge in [0.1, 0.15) is 10.8 Å². The van der Waals surface area contributed by atoms with E-state index in [-0.39, 0.29) is 5.91 Å². The van der Waals surface area contributed by atoms with Gasteiger partial charge in [0.05, 0.1) is 7.11 Å². The molecule has 130 valence electrons. The van der Waals surface area contributed by atoms with Crippen molar-refractivity contribution >= 4 is 27.9 Å². The fraction of sp³-hybridized carbons (Fsp3) is 0.111. The number of anilines is 1. The maximum Gasteiger partial charge on any atom is 0.255 e. The van der Waals surface area contributed by atoms with Crippen LogP contribution in [0.3, 0.4) is 0 Å². The summed E-state index contributed by atoms with van der Waals surface area (Å²) in [6.07, 6.45) is 0. The van der Waals surface area contributed by atoms with Crippen LogP contribution in [0, 0.1) is 6.92 Å². The molecule has 0 aliphatic rings. The molecule has 0 saturated carbocycles. The fourth-order valence-corrected chi connectivity index (χ4v) is 3.39. The largest absolute Gasteiger partial charge is 0.497 e. The minimum Gasteiger partial charge on any atom is -0.497 e. The molecule has 0 saturated heterocycles. The number of fused-ring (bicyclic) bond motifs is 1. The molecule has 0 bridgehead atoms. The van der Waals surface area contributed by atoms with E-state index in [1.54, 1.807) is 35.9 Å². The average Bonchev–Trinajstić information content (AvgIpc) is 3.24. The normalized spacial score (nSPS) is 10.8. The van der Waals surface area contributed by atoms with Gasteiger partial charge < -0.3 is 10.1 Å². The lowest BCUT2D eigenvalue weighted by Gasteiger charge is -2.07. The number of aryl methyl sites for hydroxylation is 1. The number of hydrogen-bond donors (Lipinski definition) is 1. The van der Waals surface area contributed by atoms with Crippen molar-refractivity contribution in [3.63, 3.8) is 0 Å². The van der Waals surface area contributed by atoms with Crippen LogP contribution in [0.4, 0.5) is 5.69 Å². The monoisotopic (exact) mass is 365 g/mol. The molecular formula is C18H15N5O2S. The van der Waals surface area contributed by atoms with E-state index in [1.165, 1.54) is 11.3 Å². The van der Waals surface area contributed by atoms with E-state index in [0.29, 0.717) is 17.0 Å². The molecule has 4 rings (SSSR count). The zero-order valence-corrected chi connectivity index (χ0v) is 14.9. The minimum absolute atomic E-state index is 0.189. The Morgan fingerprint density at radius 2 is 1.96 bits per heavy atom. The van der Waals surface area contributed by atoms with E-state index in [4.69, 9.17) is 4.74 Å². The van der Waals surface area contributed by atoms with Crippen LogP contribution in [0.1, 0.15) is 16.2 Å². The summed E-state index contributed by atoms with van der Waals surface area (Å²) in [7, 11) is 1.57. The number of methoxy groups -OCH3 is 1. The molecule has 4 aromatic rings. The predicted molar refractivity (Wildman–Crippen MR) is 99.8 cm³/mol. The van der Waals surface area contributed by atoms with Gasteiger partial charge in [-0.25, -0.2) is 0 Å². The highest BCUT2D eigenvalue weighted by Gasteiger charge is 2.11. The summed E-state index contributed by atoms with van der Waals surface area (Å²) in [5.74, 6) is 1.21. The third-order valence-electron chi connectivity index (χ3n) is 3.87. The molecule has 2 aromatic carbocycles. The number of benzene rings is 2. The van der Waals surface area contributed by atoms with Gasteiger partial charge in [0.15, 0.2) is 5.82 Å². The van der Waals surface area contributed by atoms with Crippen LogP contribution in [0.5, 0.6) is 5.75 Å². The van der Waals surface area contributed by atoms with E-state index >= 15 is 0 Å². The second-order valence-electron chi connectivity index (χ2n) is 5.61. The SMILES string of the molecule is COc1cccc(C(=O)Nc2ccc(-c3nn4c(C)nnc4s3)cc2)c1. The number of hydrogen-bond acceptors (Lipinski definition) is 6. The molecule has 26 heavy (non-hydrogen) atoms. The maximum atomic E-state index is 12.4. The summed E-state index contributed by atoms with van der Waals surface area (Å²) < 4.78 is 6.87. The summed E-state index contributed by atoms with van der Waals surface area (Å²) in [5, 5.41) is 16.3. The molecule has 7 nitrogen and oxygen atoms in total. The summed E-state index contributed by atoms with van der Waals surface area (Å²) in [4.78, 5) is 13.1. The van der Waals surface area contributed by atoms with Crippen LogP contribution >= 0.6 is 11.3 Å². The number of amides is 1. The first-order chi connectivity index (χ1) is 12.6. The first-order valence-electron chi connectivity index (χ1n) is 7.89. The number of ether oxygens (including phenoxy) is 1. The molecule has 0 atom stereocenters. The Bertz CT molecular complexity index is 1080. The van der Waals surface area contributed by atoms with Crippen LogP contribution in [0.25, 0.3) is 15.5 Å². The van der Waals surface area contributed by atoms with Crippen molar-refractivity contribution in [1.29, 1.82) is 0 Å². The Morgan fingerprint density at radius 3 is 2.69 bits per heavy atom. The standard InChI is InChI=1S/C18H15N5O2S/c1-11-20-21-18-23(11)22-17(26-18)12-6-8-14(9-7-12)19-16(24)13-4-3-5-15(10-13)25-2/h3-10H,1-2H3,(H,19,24). The highest BCUT2D eigenvalue weighted by atomic mass is 32.1. The third kappa shape index (κ3) is 3.02. The van der Waals surface area contributed by atoms with Crippen LogP contribution in [-0.2, 0) is 0 Å². The second kappa shape index (κ2) is 6.57. The zero-order chi connectivity index (χ0) is 18.1. The fourth-order valence-electron chi connectivity index (χ4n) is 2.50. The van der Waals surface area contributed by atoms with Crippen LogP contribution in [-0.4, -0.2) is 32.8 Å². The van der Waals surface area contributed by atoms with Crippen LogP contribution in [0.2, 0.25) is 0 Å². The van der Waals surface area contributed by atoms with Gasteiger partial charge in [-0.2, -0.15) is 9.61 Å². The van der Waals surface area contributed by atoms with E-state index in [9.17, 15) is 4.79 Å². The average molecular weight is 365 g/mol. The number of aromatic nitrogens is 4. The van der Waals surface area contributed by atoms with Crippen molar-refractivity contribution in [2.24, 2.45) is 0 Å². The maximum absolute atomic E-state index is 12.4. The van der Waals surface area contributed by atoms with Crippen molar-refractivity contribution in [2.75, 3.05) is 12.4 Å².